The summed E-state index contributed by atoms with van der Waals surface area (Å²) in [6, 6.07) is 16.7. The van der Waals surface area contributed by atoms with E-state index in [-0.39, 0.29) is 17.1 Å². The predicted molar refractivity (Wildman–Crippen MR) is 94.3 cm³/mol. The van der Waals surface area contributed by atoms with Crippen molar-refractivity contribution in [3.63, 3.8) is 0 Å². The third-order valence-corrected chi connectivity index (χ3v) is 4.71. The molecule has 0 heterocycles. The molecule has 1 aliphatic carbocycles. The van der Waals surface area contributed by atoms with Crippen LogP contribution in [0.5, 0.6) is 5.75 Å². The fourth-order valence-electron chi connectivity index (χ4n) is 2.15. The quantitative estimate of drug-likeness (QED) is 0.495. The van der Waals surface area contributed by atoms with Gasteiger partial charge in [0.2, 0.25) is 0 Å². The fourth-order valence-corrected chi connectivity index (χ4v) is 3.01. The first-order valence-electron chi connectivity index (χ1n) is 7.96. The number of carbonyl (C=O) groups is 2. The SMILES string of the molecule is CC(Sc1ccccc1)C(=O)Oc1cccc(C(=O)NC2CC2)c1. The maximum Gasteiger partial charge on any atom is 0.324 e. The number of nitrogens with one attached hydrogen (secondary N) is 1. The molecule has 0 radical (unpaired) electrons. The van der Waals surface area contributed by atoms with Crippen molar-refractivity contribution in [2.45, 2.75) is 36.0 Å². The molecule has 1 saturated carbocycles. The molecule has 0 aliphatic heterocycles. The van der Waals surface area contributed by atoms with Gasteiger partial charge in [0.1, 0.15) is 11.0 Å². The summed E-state index contributed by atoms with van der Waals surface area (Å²) in [7, 11) is 0. The third-order valence-electron chi connectivity index (χ3n) is 3.62. The van der Waals surface area contributed by atoms with Crippen LogP contribution >= 0.6 is 11.8 Å². The minimum absolute atomic E-state index is 0.123. The lowest BCUT2D eigenvalue weighted by molar-refractivity contribution is -0.133. The van der Waals surface area contributed by atoms with E-state index in [1.165, 1.54) is 11.8 Å². The van der Waals surface area contributed by atoms with Crippen molar-refractivity contribution < 1.29 is 14.3 Å². The van der Waals surface area contributed by atoms with Gasteiger partial charge in [-0.05, 0) is 50.1 Å². The molecule has 1 N–H and O–H groups in total. The van der Waals surface area contributed by atoms with Crippen molar-refractivity contribution in [3.8, 4) is 5.75 Å². The minimum atomic E-state index is -0.337. The topological polar surface area (TPSA) is 55.4 Å². The van der Waals surface area contributed by atoms with Gasteiger partial charge in [0.05, 0.1) is 0 Å². The van der Waals surface area contributed by atoms with Crippen LogP contribution in [0.1, 0.15) is 30.1 Å². The van der Waals surface area contributed by atoms with Gasteiger partial charge in [-0.3, -0.25) is 9.59 Å². The van der Waals surface area contributed by atoms with E-state index in [1.54, 1.807) is 24.3 Å². The van der Waals surface area contributed by atoms with Crippen LogP contribution in [0, 0.1) is 0 Å². The average molecular weight is 341 g/mol. The van der Waals surface area contributed by atoms with Crippen LogP contribution in [0.2, 0.25) is 0 Å². The number of benzene rings is 2. The second-order valence-corrected chi connectivity index (χ2v) is 7.18. The smallest absolute Gasteiger partial charge is 0.324 e. The Hall–Kier alpha value is -2.27. The molecule has 0 aromatic heterocycles. The van der Waals surface area contributed by atoms with Crippen LogP contribution in [-0.2, 0) is 4.79 Å². The molecule has 0 bridgehead atoms. The van der Waals surface area contributed by atoms with Gasteiger partial charge in [0.15, 0.2) is 0 Å². The molecule has 1 fully saturated rings. The van der Waals surface area contributed by atoms with Crippen LogP contribution in [0.15, 0.2) is 59.5 Å². The van der Waals surface area contributed by atoms with Gasteiger partial charge >= 0.3 is 5.97 Å². The zero-order chi connectivity index (χ0) is 16.9. The third kappa shape index (κ3) is 4.61. The molecule has 24 heavy (non-hydrogen) atoms. The summed E-state index contributed by atoms with van der Waals surface area (Å²) < 4.78 is 5.42. The summed E-state index contributed by atoms with van der Waals surface area (Å²) in [5.74, 6) is -0.0605. The molecule has 1 amide bonds. The van der Waals surface area contributed by atoms with Crippen molar-refractivity contribution >= 4 is 23.6 Å². The number of hydrogen-bond acceptors (Lipinski definition) is 4. The molecule has 124 valence electrons. The first-order chi connectivity index (χ1) is 11.6. The molecule has 2 aromatic carbocycles. The van der Waals surface area contributed by atoms with E-state index >= 15 is 0 Å². The van der Waals surface area contributed by atoms with Crippen LogP contribution in [0.4, 0.5) is 0 Å². The van der Waals surface area contributed by atoms with Crippen molar-refractivity contribution in [1.82, 2.24) is 5.32 Å². The van der Waals surface area contributed by atoms with Crippen LogP contribution < -0.4 is 10.1 Å². The lowest BCUT2D eigenvalue weighted by atomic mass is 10.2. The Morgan fingerprint density at radius 1 is 1.12 bits per heavy atom. The van der Waals surface area contributed by atoms with E-state index in [1.807, 2.05) is 37.3 Å². The average Bonchev–Trinajstić information content (AvgIpc) is 3.40. The largest absolute Gasteiger partial charge is 0.426 e. The Morgan fingerprint density at radius 3 is 2.58 bits per heavy atom. The molecule has 1 atom stereocenters. The molecular formula is C19H19NO3S. The molecule has 1 unspecified atom stereocenters. The summed E-state index contributed by atoms with van der Waals surface area (Å²) in [6.07, 6.45) is 2.07. The van der Waals surface area contributed by atoms with Gasteiger partial charge < -0.3 is 10.1 Å². The molecule has 0 saturated heterocycles. The van der Waals surface area contributed by atoms with Gasteiger partial charge in [-0.15, -0.1) is 11.8 Å². The Kier molecular flexibility index (Phi) is 5.20. The highest BCUT2D eigenvalue weighted by molar-refractivity contribution is 8.00. The number of carbonyl (C=O) groups excluding carboxylic acids is 2. The number of hydrogen-bond donors (Lipinski definition) is 1. The Balaban J connectivity index is 1.60. The maximum atomic E-state index is 12.2. The minimum Gasteiger partial charge on any atom is -0.426 e. The van der Waals surface area contributed by atoms with Crippen LogP contribution in [-0.4, -0.2) is 23.2 Å². The summed E-state index contributed by atoms with van der Waals surface area (Å²) in [4.78, 5) is 25.3. The second kappa shape index (κ2) is 7.53. The highest BCUT2D eigenvalue weighted by Gasteiger charge is 2.24. The van der Waals surface area contributed by atoms with Crippen molar-refractivity contribution in [2.24, 2.45) is 0 Å². The molecular weight excluding hydrogens is 322 g/mol. The van der Waals surface area contributed by atoms with Crippen molar-refractivity contribution in [1.29, 1.82) is 0 Å². The lowest BCUT2D eigenvalue weighted by Crippen LogP contribution is -2.25. The monoisotopic (exact) mass is 341 g/mol. The Labute approximate surface area is 145 Å². The molecule has 5 heteroatoms. The van der Waals surface area contributed by atoms with Crippen LogP contribution in [0.3, 0.4) is 0 Å². The number of rotatable bonds is 6. The molecule has 2 aromatic rings. The van der Waals surface area contributed by atoms with Gasteiger partial charge in [-0.1, -0.05) is 24.3 Å². The van der Waals surface area contributed by atoms with Crippen molar-refractivity contribution in [2.75, 3.05) is 0 Å². The van der Waals surface area contributed by atoms with E-state index < -0.39 is 0 Å². The standard InChI is InChI=1S/C19H19NO3S/c1-13(24-17-8-3-2-4-9-17)19(22)23-16-7-5-6-14(12-16)18(21)20-15-10-11-15/h2-9,12-13,15H,10-11H2,1H3,(H,20,21). The Morgan fingerprint density at radius 2 is 1.88 bits per heavy atom. The van der Waals surface area contributed by atoms with E-state index in [9.17, 15) is 9.59 Å². The highest BCUT2D eigenvalue weighted by Crippen LogP contribution is 2.25. The number of ether oxygens (including phenoxy) is 1. The number of amides is 1. The maximum absolute atomic E-state index is 12.2. The molecule has 1 aliphatic rings. The zero-order valence-electron chi connectivity index (χ0n) is 13.4. The van der Waals surface area contributed by atoms with Gasteiger partial charge in [-0.25, -0.2) is 0 Å². The summed E-state index contributed by atoms with van der Waals surface area (Å²) in [5, 5.41) is 2.59. The highest BCUT2D eigenvalue weighted by atomic mass is 32.2. The van der Waals surface area contributed by atoms with E-state index in [0.717, 1.165) is 17.7 Å². The zero-order valence-corrected chi connectivity index (χ0v) is 14.2. The first kappa shape index (κ1) is 16.6. The summed E-state index contributed by atoms with van der Waals surface area (Å²) in [6.45, 7) is 1.81. The van der Waals surface area contributed by atoms with Gasteiger partial charge in [-0.2, -0.15) is 0 Å². The van der Waals surface area contributed by atoms with E-state index in [0.29, 0.717) is 17.4 Å². The van der Waals surface area contributed by atoms with Gasteiger partial charge in [0.25, 0.3) is 5.91 Å². The molecule has 4 nitrogen and oxygen atoms in total. The summed E-state index contributed by atoms with van der Waals surface area (Å²) in [5.41, 5.74) is 0.510. The normalized spacial score (nSPS) is 14.7. The van der Waals surface area contributed by atoms with E-state index in [2.05, 4.69) is 5.32 Å². The fraction of sp³-hybridized carbons (Fsp3) is 0.263. The van der Waals surface area contributed by atoms with E-state index in [4.69, 9.17) is 4.74 Å². The second-order valence-electron chi connectivity index (χ2n) is 5.77. The molecule has 0 spiro atoms. The van der Waals surface area contributed by atoms with Crippen LogP contribution in [0.25, 0.3) is 0 Å². The predicted octanol–water partition coefficient (Wildman–Crippen LogP) is 3.67. The molecule has 3 rings (SSSR count). The summed E-state index contributed by atoms with van der Waals surface area (Å²) >= 11 is 1.44. The Bertz CT molecular complexity index is 728. The van der Waals surface area contributed by atoms with Crippen molar-refractivity contribution in [3.05, 3.63) is 60.2 Å². The lowest BCUT2D eigenvalue weighted by Gasteiger charge is -2.11. The number of esters is 1. The van der Waals surface area contributed by atoms with Gasteiger partial charge in [0, 0.05) is 16.5 Å². The number of thioether (sulfide) groups is 1. The first-order valence-corrected chi connectivity index (χ1v) is 8.84.